The maximum Gasteiger partial charge on any atom is -0.0279 e. The van der Waals surface area contributed by atoms with Gasteiger partial charge in [0.2, 0.25) is 0 Å². The third-order valence-corrected chi connectivity index (χ3v) is 6.07. The average molecular weight is 387 g/mol. The maximum absolute atomic E-state index is 2.53. The van der Waals surface area contributed by atoms with E-state index in [1.165, 1.54) is 122 Å². The molecule has 0 saturated heterocycles. The number of unbranched alkanes of at least 4 members (excludes halogenated alkanes) is 13. The molecule has 0 aromatic heterocycles. The fourth-order valence-electron chi connectivity index (χ4n) is 4.23. The molecule has 1 aromatic rings. The highest BCUT2D eigenvalue weighted by atomic mass is 14.1. The summed E-state index contributed by atoms with van der Waals surface area (Å²) in [5.74, 6) is 0. The molecule has 0 amide bonds. The molecule has 0 aliphatic heterocycles. The summed E-state index contributed by atoms with van der Waals surface area (Å²) in [6.07, 6.45) is 26.2. The zero-order chi connectivity index (χ0) is 20.3. The molecule has 0 heterocycles. The van der Waals surface area contributed by atoms with Gasteiger partial charge in [0, 0.05) is 0 Å². The first-order chi connectivity index (χ1) is 13.8. The highest BCUT2D eigenvalue weighted by Crippen LogP contribution is 2.19. The van der Waals surface area contributed by atoms with Gasteiger partial charge in [0.1, 0.15) is 0 Å². The van der Waals surface area contributed by atoms with Gasteiger partial charge in [-0.2, -0.15) is 0 Å². The first-order valence-corrected chi connectivity index (χ1v) is 12.9. The van der Waals surface area contributed by atoms with Crippen LogP contribution in [0.4, 0.5) is 0 Å². The van der Waals surface area contributed by atoms with Crippen LogP contribution < -0.4 is 0 Å². The third-order valence-electron chi connectivity index (χ3n) is 6.07. The second-order valence-corrected chi connectivity index (χ2v) is 9.00. The average Bonchev–Trinajstić information content (AvgIpc) is 2.71. The molecular weight excluding hydrogens is 336 g/mol. The summed E-state index contributed by atoms with van der Waals surface area (Å²) in [7, 11) is 0. The summed E-state index contributed by atoms with van der Waals surface area (Å²) in [5.41, 5.74) is 4.82. The maximum atomic E-state index is 2.53. The van der Waals surface area contributed by atoms with Crippen molar-refractivity contribution in [1.29, 1.82) is 0 Å². The van der Waals surface area contributed by atoms with Gasteiger partial charge in [0.25, 0.3) is 0 Å². The number of aryl methyl sites for hydroxylation is 3. The first-order valence-electron chi connectivity index (χ1n) is 12.9. The molecule has 0 N–H and O–H groups in total. The molecule has 28 heavy (non-hydrogen) atoms. The Morgan fingerprint density at radius 1 is 0.357 bits per heavy atom. The van der Waals surface area contributed by atoms with Gasteiger partial charge in [-0.15, -0.1) is 0 Å². The van der Waals surface area contributed by atoms with E-state index >= 15 is 0 Å². The Balaban J connectivity index is 2.39. The molecule has 0 bridgehead atoms. The van der Waals surface area contributed by atoms with Crippen molar-refractivity contribution in [3.8, 4) is 0 Å². The monoisotopic (exact) mass is 386 g/mol. The van der Waals surface area contributed by atoms with Crippen LogP contribution in [0.15, 0.2) is 18.2 Å². The van der Waals surface area contributed by atoms with Crippen LogP contribution in [0.25, 0.3) is 0 Å². The highest BCUT2D eigenvalue weighted by Gasteiger charge is 2.03. The smallest absolute Gasteiger partial charge is 0.0279 e. The third kappa shape index (κ3) is 13.4. The molecule has 162 valence electrons. The number of rotatable bonds is 19. The van der Waals surface area contributed by atoms with E-state index in [1.807, 2.05) is 0 Å². The van der Waals surface area contributed by atoms with E-state index in [-0.39, 0.29) is 0 Å². The van der Waals surface area contributed by atoms with Gasteiger partial charge in [0.15, 0.2) is 0 Å². The largest absolute Gasteiger partial charge is 0.0654 e. The summed E-state index contributed by atoms with van der Waals surface area (Å²) >= 11 is 0. The molecule has 1 aromatic carbocycles. The van der Waals surface area contributed by atoms with Crippen LogP contribution in [0, 0.1) is 0 Å². The lowest BCUT2D eigenvalue weighted by molar-refractivity contribution is 0.587. The van der Waals surface area contributed by atoms with E-state index in [4.69, 9.17) is 0 Å². The van der Waals surface area contributed by atoms with E-state index in [1.54, 1.807) is 16.7 Å². The van der Waals surface area contributed by atoms with Crippen molar-refractivity contribution in [2.75, 3.05) is 0 Å². The Hall–Kier alpha value is -0.780. The van der Waals surface area contributed by atoms with Gasteiger partial charge in [-0.25, -0.2) is 0 Å². The standard InChI is InChI=1S/C28H50/c1-4-7-10-12-14-16-18-21-27-23-26(20-9-6-3)24-28(25-27)22-19-17-15-13-11-8-5-2/h23-25H,4-22H2,1-3H3. The Morgan fingerprint density at radius 2 is 0.643 bits per heavy atom. The van der Waals surface area contributed by atoms with Crippen molar-refractivity contribution in [2.45, 2.75) is 143 Å². The second kappa shape index (κ2) is 18.3. The fraction of sp³-hybridized carbons (Fsp3) is 0.786. The Bertz CT molecular complexity index is 423. The Morgan fingerprint density at radius 3 is 1.00 bits per heavy atom. The molecule has 0 aliphatic rings. The van der Waals surface area contributed by atoms with E-state index in [9.17, 15) is 0 Å². The Kier molecular flexibility index (Phi) is 16.5. The van der Waals surface area contributed by atoms with Gasteiger partial charge in [0.05, 0.1) is 0 Å². The molecule has 0 spiro atoms. The number of hydrogen-bond acceptors (Lipinski definition) is 0. The summed E-state index contributed by atoms with van der Waals surface area (Å²) in [6.45, 7) is 6.91. The van der Waals surface area contributed by atoms with Crippen molar-refractivity contribution < 1.29 is 0 Å². The molecule has 0 nitrogen and oxygen atoms in total. The molecule has 0 fully saturated rings. The van der Waals surface area contributed by atoms with Crippen molar-refractivity contribution >= 4 is 0 Å². The van der Waals surface area contributed by atoms with Crippen molar-refractivity contribution in [3.05, 3.63) is 34.9 Å². The van der Waals surface area contributed by atoms with Gasteiger partial charge >= 0.3 is 0 Å². The van der Waals surface area contributed by atoms with Crippen LogP contribution in [0.5, 0.6) is 0 Å². The molecule has 0 unspecified atom stereocenters. The van der Waals surface area contributed by atoms with Crippen molar-refractivity contribution in [1.82, 2.24) is 0 Å². The molecule has 0 heteroatoms. The minimum absolute atomic E-state index is 1.27. The summed E-state index contributed by atoms with van der Waals surface area (Å²) in [6, 6.07) is 7.56. The highest BCUT2D eigenvalue weighted by molar-refractivity contribution is 5.30. The SMILES string of the molecule is CCCCCCCCCc1cc(CCCC)cc(CCCCCCCCC)c1. The second-order valence-electron chi connectivity index (χ2n) is 9.00. The van der Waals surface area contributed by atoms with E-state index in [0.29, 0.717) is 0 Å². The van der Waals surface area contributed by atoms with Crippen LogP contribution in [-0.2, 0) is 19.3 Å². The van der Waals surface area contributed by atoms with Crippen LogP contribution in [0.2, 0.25) is 0 Å². The molecule has 0 atom stereocenters. The van der Waals surface area contributed by atoms with Crippen molar-refractivity contribution in [3.63, 3.8) is 0 Å². The Labute approximate surface area is 177 Å². The topological polar surface area (TPSA) is 0 Å². The fourth-order valence-corrected chi connectivity index (χ4v) is 4.23. The first kappa shape index (κ1) is 25.3. The van der Waals surface area contributed by atoms with Gasteiger partial charge in [-0.05, 0) is 55.2 Å². The zero-order valence-electron chi connectivity index (χ0n) is 19.7. The van der Waals surface area contributed by atoms with Gasteiger partial charge < -0.3 is 0 Å². The number of hydrogen-bond donors (Lipinski definition) is 0. The summed E-state index contributed by atoms with van der Waals surface area (Å²) in [5, 5.41) is 0. The van der Waals surface area contributed by atoms with Gasteiger partial charge in [-0.3, -0.25) is 0 Å². The van der Waals surface area contributed by atoms with E-state index < -0.39 is 0 Å². The lowest BCUT2D eigenvalue weighted by Crippen LogP contribution is -1.96. The predicted molar refractivity (Wildman–Crippen MR) is 128 cm³/mol. The van der Waals surface area contributed by atoms with Crippen LogP contribution in [0.1, 0.15) is 140 Å². The molecule has 0 radical (unpaired) electrons. The zero-order valence-corrected chi connectivity index (χ0v) is 19.7. The van der Waals surface area contributed by atoms with Crippen LogP contribution in [0.3, 0.4) is 0 Å². The summed E-state index contributed by atoms with van der Waals surface area (Å²) in [4.78, 5) is 0. The van der Waals surface area contributed by atoms with E-state index in [2.05, 4.69) is 39.0 Å². The van der Waals surface area contributed by atoms with Crippen molar-refractivity contribution in [2.24, 2.45) is 0 Å². The minimum atomic E-state index is 1.27. The number of benzene rings is 1. The molecule has 0 saturated carbocycles. The quantitative estimate of drug-likeness (QED) is 0.208. The van der Waals surface area contributed by atoms with Crippen LogP contribution >= 0.6 is 0 Å². The summed E-state index contributed by atoms with van der Waals surface area (Å²) < 4.78 is 0. The normalized spacial score (nSPS) is 11.2. The predicted octanol–water partition coefficient (Wildman–Crippen LogP) is 9.62. The van der Waals surface area contributed by atoms with Gasteiger partial charge in [-0.1, -0.05) is 122 Å². The van der Waals surface area contributed by atoms with E-state index in [0.717, 1.165) is 0 Å². The van der Waals surface area contributed by atoms with Crippen LogP contribution in [-0.4, -0.2) is 0 Å². The lowest BCUT2D eigenvalue weighted by atomic mass is 9.95. The lowest BCUT2D eigenvalue weighted by Gasteiger charge is -2.11. The molecule has 1 rings (SSSR count). The molecule has 0 aliphatic carbocycles. The molecular formula is C28H50. The minimum Gasteiger partial charge on any atom is -0.0654 e.